The van der Waals surface area contributed by atoms with Gasteiger partial charge < -0.3 is 30.3 Å². The number of hydrogen-bond donors (Lipinski definition) is 5. The third kappa shape index (κ3) is 3.97. The first-order valence-corrected chi connectivity index (χ1v) is 6.35. The highest BCUT2D eigenvalue weighted by atomic mass is 16.5. The molecule has 1 saturated heterocycles. The number of Topliss-reactive ketones (excluding diaryl/α,β-unsaturated/α-hetero) is 1. The van der Waals surface area contributed by atoms with E-state index in [1.807, 2.05) is 0 Å². The molecule has 0 aromatic carbocycles. The Morgan fingerprint density at radius 1 is 1.25 bits per heavy atom. The van der Waals surface area contributed by atoms with E-state index in [9.17, 15) is 24.9 Å². The molecule has 0 amide bonds. The van der Waals surface area contributed by atoms with Crippen LogP contribution in [0.1, 0.15) is 25.7 Å². The first-order chi connectivity index (χ1) is 9.31. The van der Waals surface area contributed by atoms with Gasteiger partial charge in [0.05, 0.1) is 13.2 Å². The number of carboxylic acids is 1. The summed E-state index contributed by atoms with van der Waals surface area (Å²) in [6, 6.07) is 0. The molecule has 0 saturated carbocycles. The van der Waals surface area contributed by atoms with Gasteiger partial charge in [0, 0.05) is 19.3 Å². The number of ketones is 1. The van der Waals surface area contributed by atoms with Crippen molar-refractivity contribution in [2.24, 2.45) is 0 Å². The molecule has 1 rings (SSSR count). The third-order valence-corrected chi connectivity index (χ3v) is 3.42. The topological polar surface area (TPSA) is 145 Å². The van der Waals surface area contributed by atoms with Crippen molar-refractivity contribution in [1.82, 2.24) is 0 Å². The average Bonchev–Trinajstić information content (AvgIpc) is 2.36. The highest BCUT2D eigenvalue weighted by Gasteiger charge is 2.51. The highest BCUT2D eigenvalue weighted by molar-refractivity contribution is 5.80. The Labute approximate surface area is 115 Å². The second kappa shape index (κ2) is 7.09. The predicted octanol–water partition coefficient (Wildman–Crippen LogP) is -1.96. The molecule has 1 aliphatic rings. The van der Waals surface area contributed by atoms with Crippen LogP contribution in [-0.4, -0.2) is 74.4 Å². The lowest BCUT2D eigenvalue weighted by atomic mass is 9.80. The molecule has 0 aromatic heterocycles. The summed E-state index contributed by atoms with van der Waals surface area (Å²) >= 11 is 0. The summed E-state index contributed by atoms with van der Waals surface area (Å²) < 4.78 is 4.94. The SMILES string of the molecule is O=C(O)CCCC(=O)C[C@@]1(O)[C@H](O)[C@@H](CO)OC[C@@H]1O. The molecule has 1 aliphatic heterocycles. The van der Waals surface area contributed by atoms with E-state index in [-0.39, 0.29) is 25.9 Å². The molecular formula is C12H20O8. The van der Waals surface area contributed by atoms with Crippen molar-refractivity contribution in [2.45, 2.75) is 49.6 Å². The van der Waals surface area contributed by atoms with Crippen molar-refractivity contribution >= 4 is 11.8 Å². The van der Waals surface area contributed by atoms with E-state index in [0.29, 0.717) is 0 Å². The minimum absolute atomic E-state index is 0.0707. The van der Waals surface area contributed by atoms with Crippen LogP contribution in [-0.2, 0) is 14.3 Å². The van der Waals surface area contributed by atoms with Crippen LogP contribution in [0, 0.1) is 0 Å². The maximum Gasteiger partial charge on any atom is 0.303 e. The summed E-state index contributed by atoms with van der Waals surface area (Å²) in [6.45, 7) is -0.857. The van der Waals surface area contributed by atoms with Gasteiger partial charge in [0.1, 0.15) is 29.7 Å². The molecule has 1 heterocycles. The molecule has 0 spiro atoms. The van der Waals surface area contributed by atoms with E-state index in [2.05, 4.69) is 0 Å². The van der Waals surface area contributed by atoms with Crippen LogP contribution < -0.4 is 0 Å². The van der Waals surface area contributed by atoms with E-state index in [4.69, 9.17) is 14.9 Å². The van der Waals surface area contributed by atoms with Gasteiger partial charge in [-0.05, 0) is 6.42 Å². The number of ether oxygens (including phenoxy) is 1. The van der Waals surface area contributed by atoms with E-state index < -0.39 is 48.7 Å². The highest BCUT2D eigenvalue weighted by Crippen LogP contribution is 2.30. The minimum Gasteiger partial charge on any atom is -0.481 e. The van der Waals surface area contributed by atoms with Crippen molar-refractivity contribution in [3.05, 3.63) is 0 Å². The van der Waals surface area contributed by atoms with Gasteiger partial charge in [0.2, 0.25) is 0 Å². The van der Waals surface area contributed by atoms with Gasteiger partial charge in [-0.3, -0.25) is 9.59 Å². The van der Waals surface area contributed by atoms with Gasteiger partial charge in [-0.2, -0.15) is 0 Å². The van der Waals surface area contributed by atoms with E-state index in [1.54, 1.807) is 0 Å². The summed E-state index contributed by atoms with van der Waals surface area (Å²) in [4.78, 5) is 22.0. The fraction of sp³-hybridized carbons (Fsp3) is 0.833. The normalized spacial score (nSPS) is 33.9. The second-order valence-corrected chi connectivity index (χ2v) is 4.97. The van der Waals surface area contributed by atoms with E-state index in [0.717, 1.165) is 0 Å². The Balaban J connectivity index is 2.61. The summed E-state index contributed by atoms with van der Waals surface area (Å²) in [5.41, 5.74) is -2.09. The van der Waals surface area contributed by atoms with Gasteiger partial charge in [-0.25, -0.2) is 0 Å². The van der Waals surface area contributed by atoms with Crippen LogP contribution >= 0.6 is 0 Å². The number of rotatable bonds is 7. The van der Waals surface area contributed by atoms with Crippen LogP contribution in [0.3, 0.4) is 0 Å². The zero-order valence-corrected chi connectivity index (χ0v) is 10.9. The van der Waals surface area contributed by atoms with Gasteiger partial charge in [-0.15, -0.1) is 0 Å². The first kappa shape index (κ1) is 17.0. The van der Waals surface area contributed by atoms with Gasteiger partial charge in [0.25, 0.3) is 0 Å². The van der Waals surface area contributed by atoms with E-state index >= 15 is 0 Å². The first-order valence-electron chi connectivity index (χ1n) is 6.35. The van der Waals surface area contributed by atoms with Crippen LogP contribution in [0.4, 0.5) is 0 Å². The fourth-order valence-electron chi connectivity index (χ4n) is 2.19. The monoisotopic (exact) mass is 292 g/mol. The molecule has 0 radical (unpaired) electrons. The second-order valence-electron chi connectivity index (χ2n) is 4.97. The summed E-state index contributed by atoms with van der Waals surface area (Å²) in [7, 11) is 0. The largest absolute Gasteiger partial charge is 0.481 e. The Morgan fingerprint density at radius 3 is 2.45 bits per heavy atom. The molecule has 8 heteroatoms. The molecule has 116 valence electrons. The average molecular weight is 292 g/mol. The molecule has 0 aliphatic carbocycles. The number of carbonyl (C=O) groups excluding carboxylic acids is 1. The van der Waals surface area contributed by atoms with Crippen LogP contribution in [0.15, 0.2) is 0 Å². The number of aliphatic hydroxyl groups is 4. The predicted molar refractivity (Wildman–Crippen MR) is 64.9 cm³/mol. The quantitative estimate of drug-likeness (QED) is 0.364. The Hall–Kier alpha value is -1.06. The minimum atomic E-state index is -2.09. The smallest absolute Gasteiger partial charge is 0.303 e. The lowest BCUT2D eigenvalue weighted by Gasteiger charge is -2.44. The summed E-state index contributed by atoms with van der Waals surface area (Å²) in [5.74, 6) is -1.49. The standard InChI is InChI=1S/C12H20O8/c13-5-8-11(18)12(19,9(15)6-20-8)4-7(14)2-1-3-10(16)17/h8-9,11,13,15,18-19H,1-6H2,(H,16,17)/t8-,9+,11-,12+/m1/s1. The molecule has 8 nitrogen and oxygen atoms in total. The molecule has 4 atom stereocenters. The number of carboxylic acid groups (broad SMARTS) is 1. The van der Waals surface area contributed by atoms with Crippen LogP contribution in [0.2, 0.25) is 0 Å². The fourth-order valence-corrected chi connectivity index (χ4v) is 2.19. The third-order valence-electron chi connectivity index (χ3n) is 3.42. The number of hydrogen-bond acceptors (Lipinski definition) is 7. The van der Waals surface area contributed by atoms with Crippen LogP contribution in [0.25, 0.3) is 0 Å². The Kier molecular flexibility index (Phi) is 6.03. The molecule has 0 unspecified atom stereocenters. The number of carbonyl (C=O) groups is 2. The zero-order valence-electron chi connectivity index (χ0n) is 10.9. The molecular weight excluding hydrogens is 272 g/mol. The van der Waals surface area contributed by atoms with Crippen LogP contribution in [0.5, 0.6) is 0 Å². The maximum absolute atomic E-state index is 11.7. The molecule has 0 aromatic rings. The van der Waals surface area contributed by atoms with Crippen molar-refractivity contribution in [1.29, 1.82) is 0 Å². The van der Waals surface area contributed by atoms with Crippen molar-refractivity contribution in [3.8, 4) is 0 Å². The lowest BCUT2D eigenvalue weighted by molar-refractivity contribution is -0.247. The van der Waals surface area contributed by atoms with Gasteiger partial charge in [0.15, 0.2) is 0 Å². The Bertz CT molecular complexity index is 357. The zero-order chi connectivity index (χ0) is 15.3. The molecule has 0 bridgehead atoms. The van der Waals surface area contributed by atoms with Crippen molar-refractivity contribution < 1.29 is 39.9 Å². The number of aliphatic hydroxyl groups excluding tert-OH is 3. The van der Waals surface area contributed by atoms with Crippen molar-refractivity contribution in [2.75, 3.05) is 13.2 Å². The van der Waals surface area contributed by atoms with E-state index in [1.165, 1.54) is 0 Å². The molecule has 5 N–H and O–H groups in total. The molecule has 1 fully saturated rings. The number of aliphatic carboxylic acids is 1. The van der Waals surface area contributed by atoms with Crippen molar-refractivity contribution in [3.63, 3.8) is 0 Å². The van der Waals surface area contributed by atoms with Gasteiger partial charge in [-0.1, -0.05) is 0 Å². The Morgan fingerprint density at radius 2 is 1.90 bits per heavy atom. The lowest BCUT2D eigenvalue weighted by Crippen LogP contribution is -2.64. The summed E-state index contributed by atoms with van der Waals surface area (Å²) in [6.07, 6.45) is -4.76. The maximum atomic E-state index is 11.7. The molecule has 20 heavy (non-hydrogen) atoms. The van der Waals surface area contributed by atoms with Gasteiger partial charge >= 0.3 is 5.97 Å². The summed E-state index contributed by atoms with van der Waals surface area (Å²) in [5, 5.41) is 47.3.